The van der Waals surface area contributed by atoms with Crippen molar-refractivity contribution >= 4 is 5.69 Å². The van der Waals surface area contributed by atoms with Gasteiger partial charge >= 0.3 is 0 Å². The van der Waals surface area contributed by atoms with E-state index in [1.807, 2.05) is 4.90 Å². The second kappa shape index (κ2) is 11.5. The molecule has 2 fully saturated rings. The van der Waals surface area contributed by atoms with Crippen LogP contribution >= 0.6 is 0 Å². The van der Waals surface area contributed by atoms with Crippen molar-refractivity contribution in [3.63, 3.8) is 0 Å². The largest absolute Gasteiger partial charge is 0.383 e. The van der Waals surface area contributed by atoms with Crippen LogP contribution in [0.15, 0.2) is 42.1 Å². The highest BCUT2D eigenvalue weighted by Crippen LogP contribution is 2.25. The Labute approximate surface area is 180 Å². The molecule has 166 valence electrons. The van der Waals surface area contributed by atoms with E-state index in [2.05, 4.69) is 29.8 Å². The maximum atomic E-state index is 13.5. The Kier molecular flexibility index (Phi) is 8.74. The molecule has 1 aliphatic heterocycles. The first kappa shape index (κ1) is 22.8. The van der Waals surface area contributed by atoms with Crippen LogP contribution in [-0.4, -0.2) is 43.7 Å². The van der Waals surface area contributed by atoms with Gasteiger partial charge in [-0.2, -0.15) is 0 Å². The van der Waals surface area contributed by atoms with E-state index in [0.717, 1.165) is 38.8 Å². The Balaban J connectivity index is 0.000000172. The van der Waals surface area contributed by atoms with Gasteiger partial charge in [-0.1, -0.05) is 38.8 Å². The Hall–Kier alpha value is -1.88. The maximum absolute atomic E-state index is 13.5. The molecular weight excluding hydrogens is 380 g/mol. The lowest BCUT2D eigenvalue weighted by Gasteiger charge is -2.35. The van der Waals surface area contributed by atoms with Gasteiger partial charge in [0.25, 0.3) is 0 Å². The first-order chi connectivity index (χ1) is 14.6. The molecule has 30 heavy (non-hydrogen) atoms. The van der Waals surface area contributed by atoms with E-state index < -0.39 is 0 Å². The van der Waals surface area contributed by atoms with E-state index in [1.165, 1.54) is 74.8 Å². The molecule has 0 aromatic heterocycles. The van der Waals surface area contributed by atoms with E-state index in [0.29, 0.717) is 11.7 Å². The van der Waals surface area contributed by atoms with Crippen molar-refractivity contribution in [2.24, 2.45) is 0 Å². The molecule has 1 saturated heterocycles. The molecule has 1 aromatic carbocycles. The molecule has 1 aromatic rings. The van der Waals surface area contributed by atoms with E-state index in [1.54, 1.807) is 0 Å². The fourth-order valence-corrected chi connectivity index (χ4v) is 4.56. The van der Waals surface area contributed by atoms with Crippen LogP contribution in [0.3, 0.4) is 0 Å². The molecule has 1 heterocycles. The maximum Gasteiger partial charge on any atom is 0.146 e. The summed E-state index contributed by atoms with van der Waals surface area (Å²) in [7, 11) is 0. The standard InChI is InChI=1S/C13H21N.C12H16F2N2/c1-11(12-7-5-6-8-12)14-13-9-3-2-4-10-13;1-2-15-5-7-16(8-6-15)12-9-10(13)3-4-11(12)14/h7,13-14H,1-6,8-10H2;3-4,9H,2,5-8H2,1H3. The molecule has 3 nitrogen and oxygen atoms in total. The van der Waals surface area contributed by atoms with Gasteiger partial charge < -0.3 is 15.1 Å². The number of likely N-dealkylation sites (N-methyl/N-ethyl adjacent to an activating group) is 1. The zero-order valence-corrected chi connectivity index (χ0v) is 18.4. The third-order valence-electron chi connectivity index (χ3n) is 6.48. The van der Waals surface area contributed by atoms with E-state index in [-0.39, 0.29) is 11.6 Å². The third-order valence-corrected chi connectivity index (χ3v) is 6.48. The number of hydrogen-bond acceptors (Lipinski definition) is 3. The second-order valence-electron chi connectivity index (χ2n) is 8.60. The highest BCUT2D eigenvalue weighted by molar-refractivity contribution is 5.48. The fraction of sp³-hybridized carbons (Fsp3) is 0.600. The van der Waals surface area contributed by atoms with Crippen LogP contribution in [0, 0.1) is 11.6 Å². The van der Waals surface area contributed by atoms with Crippen LogP contribution in [-0.2, 0) is 0 Å². The molecule has 0 amide bonds. The van der Waals surface area contributed by atoms with E-state index in [9.17, 15) is 8.78 Å². The molecule has 0 spiro atoms. The third kappa shape index (κ3) is 6.56. The molecule has 1 saturated carbocycles. The topological polar surface area (TPSA) is 18.5 Å². The number of anilines is 1. The Morgan fingerprint density at radius 2 is 1.80 bits per heavy atom. The predicted molar refractivity (Wildman–Crippen MR) is 122 cm³/mol. The van der Waals surface area contributed by atoms with Gasteiger partial charge in [0, 0.05) is 44.0 Å². The van der Waals surface area contributed by atoms with Crippen molar-refractivity contribution in [3.05, 3.63) is 53.8 Å². The minimum Gasteiger partial charge on any atom is -0.383 e. The van der Waals surface area contributed by atoms with Crippen molar-refractivity contribution < 1.29 is 8.78 Å². The van der Waals surface area contributed by atoms with Crippen molar-refractivity contribution in [1.29, 1.82) is 0 Å². The zero-order chi connectivity index (χ0) is 21.3. The lowest BCUT2D eigenvalue weighted by molar-refractivity contribution is 0.270. The number of rotatable bonds is 5. The quantitative estimate of drug-likeness (QED) is 0.669. The Bertz CT molecular complexity index is 717. The van der Waals surface area contributed by atoms with Crippen molar-refractivity contribution in [2.45, 2.75) is 64.3 Å². The van der Waals surface area contributed by atoms with E-state index >= 15 is 0 Å². The van der Waals surface area contributed by atoms with Crippen LogP contribution in [0.1, 0.15) is 58.3 Å². The van der Waals surface area contributed by atoms with Crippen molar-refractivity contribution in [2.75, 3.05) is 37.6 Å². The summed E-state index contributed by atoms with van der Waals surface area (Å²) >= 11 is 0. The van der Waals surface area contributed by atoms with Gasteiger partial charge in [-0.25, -0.2) is 8.78 Å². The van der Waals surface area contributed by atoms with Gasteiger partial charge in [0.1, 0.15) is 11.6 Å². The number of nitrogens with one attached hydrogen (secondary N) is 1. The first-order valence-electron chi connectivity index (χ1n) is 11.6. The van der Waals surface area contributed by atoms with Gasteiger partial charge in [-0.05, 0) is 56.4 Å². The normalized spacial score (nSPS) is 20.4. The van der Waals surface area contributed by atoms with Crippen LogP contribution < -0.4 is 10.2 Å². The SMILES string of the molecule is C=C(NC1CCCCC1)C1=CCCC1.CCN1CCN(c2cc(F)ccc2F)CC1. The number of halogens is 2. The van der Waals surface area contributed by atoms with Gasteiger partial charge in [-0.3, -0.25) is 0 Å². The Morgan fingerprint density at radius 3 is 2.43 bits per heavy atom. The molecular formula is C25H37F2N3. The van der Waals surface area contributed by atoms with Crippen LogP contribution in [0.2, 0.25) is 0 Å². The number of piperazine rings is 1. The van der Waals surface area contributed by atoms with Gasteiger partial charge in [0.05, 0.1) is 5.69 Å². The lowest BCUT2D eigenvalue weighted by Crippen LogP contribution is -2.46. The average Bonchev–Trinajstić information content (AvgIpc) is 3.32. The average molecular weight is 418 g/mol. The minimum atomic E-state index is -0.380. The molecule has 4 rings (SSSR count). The Morgan fingerprint density at radius 1 is 1.07 bits per heavy atom. The van der Waals surface area contributed by atoms with Gasteiger partial charge in [0.2, 0.25) is 0 Å². The summed E-state index contributed by atoms with van der Waals surface area (Å²) < 4.78 is 26.6. The lowest BCUT2D eigenvalue weighted by atomic mass is 9.95. The number of benzene rings is 1. The number of nitrogens with zero attached hydrogens (tertiary/aromatic N) is 2. The molecule has 3 aliphatic rings. The van der Waals surface area contributed by atoms with Crippen LogP contribution in [0.5, 0.6) is 0 Å². The summed E-state index contributed by atoms with van der Waals surface area (Å²) in [4.78, 5) is 4.21. The second-order valence-corrected chi connectivity index (χ2v) is 8.60. The molecule has 5 heteroatoms. The molecule has 2 aliphatic carbocycles. The summed E-state index contributed by atoms with van der Waals surface area (Å²) in [5.41, 5.74) is 3.06. The fourth-order valence-electron chi connectivity index (χ4n) is 4.56. The number of hydrogen-bond donors (Lipinski definition) is 1. The molecule has 0 atom stereocenters. The monoisotopic (exact) mass is 417 g/mol. The summed E-state index contributed by atoms with van der Waals surface area (Å²) in [6.07, 6.45) is 13.0. The zero-order valence-electron chi connectivity index (χ0n) is 18.4. The summed E-state index contributed by atoms with van der Waals surface area (Å²) in [6, 6.07) is 4.33. The minimum absolute atomic E-state index is 0.341. The van der Waals surface area contributed by atoms with Crippen LogP contribution in [0.25, 0.3) is 0 Å². The molecule has 0 unspecified atom stereocenters. The van der Waals surface area contributed by atoms with E-state index in [4.69, 9.17) is 0 Å². The highest BCUT2D eigenvalue weighted by Gasteiger charge is 2.19. The highest BCUT2D eigenvalue weighted by atomic mass is 19.1. The molecule has 0 radical (unpaired) electrons. The van der Waals surface area contributed by atoms with Crippen LogP contribution in [0.4, 0.5) is 14.5 Å². The predicted octanol–water partition coefficient (Wildman–Crippen LogP) is 5.64. The first-order valence-corrected chi connectivity index (χ1v) is 11.6. The number of allylic oxidation sites excluding steroid dienone is 2. The molecule has 0 bridgehead atoms. The van der Waals surface area contributed by atoms with Crippen molar-refractivity contribution in [1.82, 2.24) is 10.2 Å². The summed E-state index contributed by atoms with van der Waals surface area (Å²) in [5, 5.41) is 3.60. The summed E-state index contributed by atoms with van der Waals surface area (Å²) in [6.45, 7) is 10.6. The van der Waals surface area contributed by atoms with Gasteiger partial charge in [-0.15, -0.1) is 0 Å². The van der Waals surface area contributed by atoms with Crippen molar-refractivity contribution in [3.8, 4) is 0 Å². The summed E-state index contributed by atoms with van der Waals surface area (Å²) in [5.74, 6) is -0.722. The van der Waals surface area contributed by atoms with Gasteiger partial charge in [0.15, 0.2) is 0 Å². The smallest absolute Gasteiger partial charge is 0.146 e. The molecule has 1 N–H and O–H groups in total.